The molecule has 0 fully saturated rings. The van der Waals surface area contributed by atoms with E-state index >= 15 is 0 Å². The zero-order valence-electron chi connectivity index (χ0n) is 15.6. The van der Waals surface area contributed by atoms with Crippen LogP contribution < -0.4 is 15.4 Å². The fourth-order valence-electron chi connectivity index (χ4n) is 2.68. The molecule has 3 rings (SSSR count). The number of anilines is 2. The Hall–Kier alpha value is -3.87. The van der Waals surface area contributed by atoms with Crippen LogP contribution in [-0.4, -0.2) is 28.7 Å². The molecule has 2 aromatic carbocycles. The number of carbonyl (C=O) groups excluding carboxylic acids is 2. The summed E-state index contributed by atoms with van der Waals surface area (Å²) in [4.78, 5) is 24.1. The van der Waals surface area contributed by atoms with Gasteiger partial charge < -0.3 is 15.4 Å². The summed E-state index contributed by atoms with van der Waals surface area (Å²) in [6, 6.07) is 14.3. The number of ether oxygens (including phenoxy) is 1. The third kappa shape index (κ3) is 4.09. The smallest absolute Gasteiger partial charge is 0.259 e. The number of aromatic nitrogens is 2. The second kappa shape index (κ2) is 8.22. The normalized spacial score (nSPS) is 10.2. The lowest BCUT2D eigenvalue weighted by Crippen LogP contribution is -2.14. The van der Waals surface area contributed by atoms with Crippen LogP contribution in [0, 0.1) is 6.92 Å². The van der Waals surface area contributed by atoms with Crippen molar-refractivity contribution in [1.82, 2.24) is 9.78 Å². The summed E-state index contributed by atoms with van der Waals surface area (Å²) >= 11 is 0. The Kier molecular flexibility index (Phi) is 5.55. The van der Waals surface area contributed by atoms with Crippen molar-refractivity contribution in [3.63, 3.8) is 0 Å². The van der Waals surface area contributed by atoms with Crippen molar-refractivity contribution in [3.05, 3.63) is 78.6 Å². The van der Waals surface area contributed by atoms with E-state index in [0.717, 1.165) is 11.4 Å². The highest BCUT2D eigenvalue weighted by molar-refractivity contribution is 6.05. The molecule has 0 radical (unpaired) electrons. The Morgan fingerprint density at radius 2 is 1.79 bits per heavy atom. The molecule has 2 amide bonds. The number of nitrogens with zero attached hydrogens (tertiary/aromatic N) is 2. The van der Waals surface area contributed by atoms with Gasteiger partial charge in [0.2, 0.25) is 5.91 Å². The first-order valence-electron chi connectivity index (χ1n) is 8.55. The second-order valence-corrected chi connectivity index (χ2v) is 5.98. The number of amides is 2. The average molecular weight is 376 g/mol. The van der Waals surface area contributed by atoms with Crippen molar-refractivity contribution in [2.45, 2.75) is 6.92 Å². The number of hydrogen-bond donors (Lipinski definition) is 2. The van der Waals surface area contributed by atoms with E-state index in [1.807, 2.05) is 31.2 Å². The van der Waals surface area contributed by atoms with Crippen LogP contribution in [0.3, 0.4) is 0 Å². The van der Waals surface area contributed by atoms with Crippen LogP contribution in [0.25, 0.3) is 5.69 Å². The predicted molar refractivity (Wildman–Crippen MR) is 108 cm³/mol. The number of benzene rings is 2. The highest BCUT2D eigenvalue weighted by Crippen LogP contribution is 2.20. The molecule has 2 N–H and O–H groups in total. The average Bonchev–Trinajstić information content (AvgIpc) is 3.09. The second-order valence-electron chi connectivity index (χ2n) is 5.98. The third-order valence-corrected chi connectivity index (χ3v) is 4.14. The van der Waals surface area contributed by atoms with Gasteiger partial charge >= 0.3 is 0 Å². The van der Waals surface area contributed by atoms with Crippen molar-refractivity contribution >= 4 is 23.2 Å². The largest absolute Gasteiger partial charge is 0.497 e. The van der Waals surface area contributed by atoms with Crippen molar-refractivity contribution in [1.29, 1.82) is 0 Å². The molecule has 1 heterocycles. The van der Waals surface area contributed by atoms with Crippen LogP contribution >= 0.6 is 0 Å². The van der Waals surface area contributed by atoms with Gasteiger partial charge in [0, 0.05) is 11.4 Å². The molecule has 1 aromatic heterocycles. The zero-order chi connectivity index (χ0) is 20.1. The fraction of sp³-hybridized carbons (Fsp3) is 0.0952. The topological polar surface area (TPSA) is 85.3 Å². The standard InChI is InChI=1S/C21H20N4O3/c1-4-20(26)23-15-6-5-7-16(12-15)24-21(27)19-13-22-25(14(19)2)17-8-10-18(28-3)11-9-17/h4-13H,1H2,2-3H3,(H,23,26)(H,24,27). The number of rotatable bonds is 6. The van der Waals surface area contributed by atoms with Crippen molar-refractivity contribution in [3.8, 4) is 11.4 Å². The number of methoxy groups -OCH3 is 1. The molecule has 0 unspecified atom stereocenters. The maximum Gasteiger partial charge on any atom is 0.259 e. The van der Waals surface area contributed by atoms with Crippen molar-refractivity contribution < 1.29 is 14.3 Å². The minimum atomic E-state index is -0.319. The Morgan fingerprint density at radius 1 is 1.11 bits per heavy atom. The van der Waals surface area contributed by atoms with Gasteiger partial charge in [-0.1, -0.05) is 12.6 Å². The van der Waals surface area contributed by atoms with Crippen LogP contribution in [-0.2, 0) is 4.79 Å². The zero-order valence-corrected chi connectivity index (χ0v) is 15.6. The molecule has 0 saturated heterocycles. The Morgan fingerprint density at radius 3 is 2.43 bits per heavy atom. The van der Waals surface area contributed by atoms with Crippen LogP contribution in [0.1, 0.15) is 16.1 Å². The van der Waals surface area contributed by atoms with Gasteiger partial charge in [0.1, 0.15) is 5.75 Å². The fourth-order valence-corrected chi connectivity index (χ4v) is 2.68. The highest BCUT2D eigenvalue weighted by atomic mass is 16.5. The summed E-state index contributed by atoms with van der Waals surface area (Å²) < 4.78 is 6.85. The van der Waals surface area contributed by atoms with Gasteiger partial charge in [0.15, 0.2) is 0 Å². The third-order valence-electron chi connectivity index (χ3n) is 4.14. The molecule has 28 heavy (non-hydrogen) atoms. The Bertz CT molecular complexity index is 1020. The Balaban J connectivity index is 1.78. The van der Waals surface area contributed by atoms with Gasteiger partial charge in [-0.2, -0.15) is 5.10 Å². The molecule has 7 heteroatoms. The molecule has 3 aromatic rings. The molecule has 0 aliphatic heterocycles. The SMILES string of the molecule is C=CC(=O)Nc1cccc(NC(=O)c2cnn(-c3ccc(OC)cc3)c2C)c1. The van der Waals surface area contributed by atoms with Crippen LogP contribution in [0.2, 0.25) is 0 Å². The minimum absolute atomic E-state index is 0.288. The molecule has 0 spiro atoms. The van der Waals surface area contributed by atoms with E-state index in [2.05, 4.69) is 22.3 Å². The molecular formula is C21H20N4O3. The monoisotopic (exact) mass is 376 g/mol. The summed E-state index contributed by atoms with van der Waals surface area (Å²) in [5, 5.41) is 9.80. The molecule has 142 valence electrons. The molecule has 0 saturated carbocycles. The van der Waals surface area contributed by atoms with E-state index in [4.69, 9.17) is 4.74 Å². The maximum absolute atomic E-state index is 12.7. The number of nitrogens with one attached hydrogen (secondary N) is 2. The van der Waals surface area contributed by atoms with Crippen LogP contribution in [0.15, 0.2) is 67.4 Å². The van der Waals surface area contributed by atoms with Gasteiger partial charge in [-0.15, -0.1) is 0 Å². The summed E-state index contributed by atoms with van der Waals surface area (Å²) in [6.07, 6.45) is 2.71. The summed E-state index contributed by atoms with van der Waals surface area (Å²) in [6.45, 7) is 5.24. The van der Waals surface area contributed by atoms with Gasteiger partial charge in [-0.3, -0.25) is 9.59 Å². The van der Waals surface area contributed by atoms with E-state index in [1.54, 1.807) is 36.1 Å². The molecule has 0 aliphatic rings. The van der Waals surface area contributed by atoms with Crippen molar-refractivity contribution in [2.24, 2.45) is 0 Å². The molecule has 7 nitrogen and oxygen atoms in total. The first kappa shape index (κ1) is 18.9. The number of carbonyl (C=O) groups is 2. The van der Waals surface area contributed by atoms with E-state index in [9.17, 15) is 9.59 Å². The van der Waals surface area contributed by atoms with E-state index in [-0.39, 0.29) is 11.8 Å². The van der Waals surface area contributed by atoms with E-state index in [1.165, 1.54) is 12.3 Å². The molecule has 0 atom stereocenters. The molecule has 0 bridgehead atoms. The summed E-state index contributed by atoms with van der Waals surface area (Å²) in [5.41, 5.74) is 3.11. The summed E-state index contributed by atoms with van der Waals surface area (Å²) in [7, 11) is 1.61. The van der Waals surface area contributed by atoms with Crippen LogP contribution in [0.5, 0.6) is 5.75 Å². The summed E-state index contributed by atoms with van der Waals surface area (Å²) in [5.74, 6) is 0.138. The first-order valence-corrected chi connectivity index (χ1v) is 8.55. The molecular weight excluding hydrogens is 356 g/mol. The van der Waals surface area contributed by atoms with E-state index in [0.29, 0.717) is 22.6 Å². The predicted octanol–water partition coefficient (Wildman–Crippen LogP) is 3.57. The van der Waals surface area contributed by atoms with Gasteiger partial charge in [0.05, 0.1) is 30.3 Å². The Labute approximate surface area is 162 Å². The first-order chi connectivity index (χ1) is 13.5. The minimum Gasteiger partial charge on any atom is -0.497 e. The van der Waals surface area contributed by atoms with Gasteiger partial charge in [-0.25, -0.2) is 4.68 Å². The lowest BCUT2D eigenvalue weighted by Gasteiger charge is -2.09. The molecule has 0 aliphatic carbocycles. The van der Waals surface area contributed by atoms with Crippen molar-refractivity contribution in [2.75, 3.05) is 17.7 Å². The van der Waals surface area contributed by atoms with Crippen LogP contribution in [0.4, 0.5) is 11.4 Å². The quantitative estimate of drug-likeness (QED) is 0.644. The number of hydrogen-bond acceptors (Lipinski definition) is 4. The van der Waals surface area contributed by atoms with E-state index < -0.39 is 0 Å². The maximum atomic E-state index is 12.7. The lowest BCUT2D eigenvalue weighted by molar-refractivity contribution is -0.111. The van der Waals surface area contributed by atoms with Gasteiger partial charge in [0.25, 0.3) is 5.91 Å². The van der Waals surface area contributed by atoms with Gasteiger partial charge in [-0.05, 0) is 55.5 Å². The highest BCUT2D eigenvalue weighted by Gasteiger charge is 2.15. The lowest BCUT2D eigenvalue weighted by atomic mass is 10.2.